The predicted molar refractivity (Wildman–Crippen MR) is 86.5 cm³/mol. The van der Waals surface area contributed by atoms with Crippen molar-refractivity contribution >= 4 is 5.97 Å². The van der Waals surface area contributed by atoms with Crippen LogP contribution in [0.4, 0.5) is 0 Å². The van der Waals surface area contributed by atoms with Crippen molar-refractivity contribution in [2.24, 2.45) is 0 Å². The Bertz CT molecular complexity index is 467. The third kappa shape index (κ3) is 5.78. The number of carbonyl (C=O) groups excluding carboxylic acids is 1. The molecule has 122 valence electrons. The molecule has 22 heavy (non-hydrogen) atoms. The van der Waals surface area contributed by atoms with Crippen LogP contribution in [-0.2, 0) is 20.9 Å². The van der Waals surface area contributed by atoms with Gasteiger partial charge in [0.2, 0.25) is 0 Å². The van der Waals surface area contributed by atoms with Gasteiger partial charge in [-0.1, -0.05) is 30.3 Å². The summed E-state index contributed by atoms with van der Waals surface area (Å²) in [4.78, 5) is 14.1. The molecule has 0 aliphatic carbocycles. The normalized spacial score (nSPS) is 19.3. The first-order valence-electron chi connectivity index (χ1n) is 8.01. The highest BCUT2D eigenvalue weighted by molar-refractivity contribution is 5.72. The number of likely N-dealkylation sites (tertiary alicyclic amines) is 1. The molecular formula is C18H27NO3. The number of esters is 1. The summed E-state index contributed by atoms with van der Waals surface area (Å²) < 4.78 is 11.2. The number of carbonyl (C=O) groups is 1. The van der Waals surface area contributed by atoms with E-state index in [1.54, 1.807) is 0 Å². The highest BCUT2D eigenvalue weighted by Crippen LogP contribution is 2.18. The zero-order chi connectivity index (χ0) is 16.0. The predicted octanol–water partition coefficient (Wildman–Crippen LogP) is 3.01. The second-order valence-corrected chi connectivity index (χ2v) is 6.85. The van der Waals surface area contributed by atoms with Crippen LogP contribution in [0.1, 0.15) is 39.2 Å². The van der Waals surface area contributed by atoms with Gasteiger partial charge in [-0.3, -0.25) is 9.69 Å². The highest BCUT2D eigenvalue weighted by Gasteiger charge is 2.28. The smallest absolute Gasteiger partial charge is 0.320 e. The molecule has 0 bridgehead atoms. The third-order valence-corrected chi connectivity index (χ3v) is 3.67. The van der Waals surface area contributed by atoms with Crippen LogP contribution in [0.5, 0.6) is 0 Å². The molecule has 1 saturated heterocycles. The molecule has 1 aromatic carbocycles. The van der Waals surface area contributed by atoms with E-state index >= 15 is 0 Å². The van der Waals surface area contributed by atoms with Gasteiger partial charge in [-0.05, 0) is 45.7 Å². The molecule has 1 unspecified atom stereocenters. The molecule has 0 N–H and O–H groups in total. The van der Waals surface area contributed by atoms with Crippen molar-refractivity contribution in [1.82, 2.24) is 4.90 Å². The Labute approximate surface area is 133 Å². The molecule has 0 aromatic heterocycles. The molecule has 4 heteroatoms. The van der Waals surface area contributed by atoms with Gasteiger partial charge >= 0.3 is 5.97 Å². The van der Waals surface area contributed by atoms with Gasteiger partial charge in [-0.25, -0.2) is 0 Å². The lowest BCUT2D eigenvalue weighted by molar-refractivity contribution is -0.156. The molecule has 0 radical (unpaired) electrons. The number of ether oxygens (including phenoxy) is 2. The molecule has 4 nitrogen and oxygen atoms in total. The van der Waals surface area contributed by atoms with Crippen molar-refractivity contribution in [3.8, 4) is 0 Å². The summed E-state index contributed by atoms with van der Waals surface area (Å²) in [6.45, 7) is 8.28. The quantitative estimate of drug-likeness (QED) is 0.757. The van der Waals surface area contributed by atoms with Crippen LogP contribution in [0, 0.1) is 0 Å². The van der Waals surface area contributed by atoms with Crippen molar-refractivity contribution in [2.75, 3.05) is 19.7 Å². The van der Waals surface area contributed by atoms with E-state index in [0.29, 0.717) is 25.8 Å². The summed E-state index contributed by atoms with van der Waals surface area (Å²) in [5, 5.41) is 0. The monoisotopic (exact) mass is 305 g/mol. The summed E-state index contributed by atoms with van der Waals surface area (Å²) in [5.41, 5.74) is 0.759. The first-order valence-corrected chi connectivity index (χ1v) is 8.01. The molecule has 1 aliphatic rings. The summed E-state index contributed by atoms with van der Waals surface area (Å²) >= 11 is 0. The second-order valence-electron chi connectivity index (χ2n) is 6.85. The standard InChI is InChI=1S/C18H27NO3/c1-18(2,3)22-17(20)12-19-11-7-10-16(19)14-21-13-15-8-5-4-6-9-15/h4-6,8-9,16H,7,10-14H2,1-3H3. The van der Waals surface area contributed by atoms with E-state index < -0.39 is 5.60 Å². The first-order chi connectivity index (χ1) is 10.4. The molecule has 1 aromatic rings. The molecule has 1 heterocycles. The molecule has 1 atom stereocenters. The van der Waals surface area contributed by atoms with E-state index in [1.165, 1.54) is 5.56 Å². The van der Waals surface area contributed by atoms with E-state index in [0.717, 1.165) is 19.4 Å². The van der Waals surface area contributed by atoms with Crippen molar-refractivity contribution in [2.45, 2.75) is 51.9 Å². The Hall–Kier alpha value is -1.39. The molecule has 0 amide bonds. The maximum Gasteiger partial charge on any atom is 0.320 e. The summed E-state index contributed by atoms with van der Waals surface area (Å²) in [6, 6.07) is 10.5. The van der Waals surface area contributed by atoms with Crippen molar-refractivity contribution in [1.29, 1.82) is 0 Å². The summed E-state index contributed by atoms with van der Waals surface area (Å²) in [6.07, 6.45) is 2.19. The first kappa shape index (κ1) is 17.0. The van der Waals surface area contributed by atoms with Crippen molar-refractivity contribution < 1.29 is 14.3 Å². The number of hydrogen-bond donors (Lipinski definition) is 0. The molecular weight excluding hydrogens is 278 g/mol. The van der Waals surface area contributed by atoms with E-state index in [2.05, 4.69) is 17.0 Å². The van der Waals surface area contributed by atoms with Gasteiger partial charge in [0.25, 0.3) is 0 Å². The van der Waals surface area contributed by atoms with Gasteiger partial charge in [0, 0.05) is 6.04 Å². The molecule has 0 spiro atoms. The number of rotatable bonds is 6. The molecule has 1 aliphatic heterocycles. The van der Waals surface area contributed by atoms with E-state index in [1.807, 2.05) is 39.0 Å². The average molecular weight is 305 g/mol. The van der Waals surface area contributed by atoms with Crippen LogP contribution in [0.25, 0.3) is 0 Å². The van der Waals surface area contributed by atoms with Crippen LogP contribution in [0.3, 0.4) is 0 Å². The maximum atomic E-state index is 12.0. The number of hydrogen-bond acceptors (Lipinski definition) is 4. The van der Waals surface area contributed by atoms with Gasteiger partial charge in [0.15, 0.2) is 0 Å². The Balaban J connectivity index is 1.75. The zero-order valence-electron chi connectivity index (χ0n) is 13.9. The zero-order valence-corrected chi connectivity index (χ0v) is 13.9. The van der Waals surface area contributed by atoms with Gasteiger partial charge in [0.05, 0.1) is 19.8 Å². The summed E-state index contributed by atoms with van der Waals surface area (Å²) in [7, 11) is 0. The van der Waals surface area contributed by atoms with E-state index in [4.69, 9.17) is 9.47 Å². The van der Waals surface area contributed by atoms with Gasteiger partial charge in [-0.15, -0.1) is 0 Å². The van der Waals surface area contributed by atoms with Crippen LogP contribution >= 0.6 is 0 Å². The van der Waals surface area contributed by atoms with Gasteiger partial charge < -0.3 is 9.47 Å². The molecule has 2 rings (SSSR count). The third-order valence-electron chi connectivity index (χ3n) is 3.67. The molecule has 1 fully saturated rings. The lowest BCUT2D eigenvalue weighted by Crippen LogP contribution is -2.39. The number of nitrogens with zero attached hydrogens (tertiary/aromatic N) is 1. The number of benzene rings is 1. The second kappa shape index (κ2) is 7.75. The maximum absolute atomic E-state index is 12.0. The summed E-state index contributed by atoms with van der Waals surface area (Å²) in [5.74, 6) is -0.151. The Morgan fingerprint density at radius 3 is 2.68 bits per heavy atom. The fourth-order valence-electron chi connectivity index (χ4n) is 2.72. The Morgan fingerprint density at radius 2 is 2.00 bits per heavy atom. The van der Waals surface area contributed by atoms with Gasteiger partial charge in [0.1, 0.15) is 5.60 Å². The fourth-order valence-corrected chi connectivity index (χ4v) is 2.72. The van der Waals surface area contributed by atoms with Crippen LogP contribution in [0.15, 0.2) is 30.3 Å². The SMILES string of the molecule is CC(C)(C)OC(=O)CN1CCCC1COCc1ccccc1. The van der Waals surface area contributed by atoms with Gasteiger partial charge in [-0.2, -0.15) is 0 Å². The average Bonchev–Trinajstić information content (AvgIpc) is 2.85. The topological polar surface area (TPSA) is 38.8 Å². The van der Waals surface area contributed by atoms with E-state index in [-0.39, 0.29) is 5.97 Å². The van der Waals surface area contributed by atoms with Crippen LogP contribution in [-0.4, -0.2) is 42.2 Å². The lowest BCUT2D eigenvalue weighted by atomic mass is 10.2. The van der Waals surface area contributed by atoms with Crippen LogP contribution < -0.4 is 0 Å². The van der Waals surface area contributed by atoms with Crippen molar-refractivity contribution in [3.05, 3.63) is 35.9 Å². The minimum absolute atomic E-state index is 0.151. The Morgan fingerprint density at radius 1 is 1.27 bits per heavy atom. The van der Waals surface area contributed by atoms with E-state index in [9.17, 15) is 4.79 Å². The minimum atomic E-state index is -0.421. The van der Waals surface area contributed by atoms with Crippen LogP contribution in [0.2, 0.25) is 0 Å². The highest BCUT2D eigenvalue weighted by atomic mass is 16.6. The Kier molecular flexibility index (Phi) is 5.98. The molecule has 0 saturated carbocycles. The van der Waals surface area contributed by atoms with Crippen molar-refractivity contribution in [3.63, 3.8) is 0 Å². The minimum Gasteiger partial charge on any atom is -0.459 e. The largest absolute Gasteiger partial charge is 0.459 e. The fraction of sp³-hybridized carbons (Fsp3) is 0.611. The lowest BCUT2D eigenvalue weighted by Gasteiger charge is -2.26.